The predicted octanol–water partition coefficient (Wildman–Crippen LogP) is 2.84. The molecular weight excluding hydrogens is 345 g/mol. The van der Waals surface area contributed by atoms with Crippen molar-refractivity contribution < 1.29 is 9.13 Å². The molecule has 4 rings (SSSR count). The number of anilines is 3. The summed E-state index contributed by atoms with van der Waals surface area (Å²) in [6.45, 7) is 7.11. The standard InChI is InChI=1S/C20H26FN5O/c1-15-13-19(24-20(23-15)22-14-18-3-2-12-27-18)26-10-8-25(9-11-26)17-6-4-16(21)5-7-17/h4-7,13,18H,2-3,8-12,14H2,1H3,(H,22,23,24). The van der Waals surface area contributed by atoms with Gasteiger partial charge in [-0.15, -0.1) is 0 Å². The minimum absolute atomic E-state index is 0.197. The first-order valence-electron chi connectivity index (χ1n) is 9.64. The second-order valence-electron chi connectivity index (χ2n) is 7.16. The van der Waals surface area contributed by atoms with Crippen LogP contribution < -0.4 is 15.1 Å². The number of ether oxygens (including phenoxy) is 1. The SMILES string of the molecule is Cc1cc(N2CCN(c3ccc(F)cc3)CC2)nc(NCC2CCCO2)n1. The van der Waals surface area contributed by atoms with E-state index in [1.807, 2.05) is 25.1 Å². The molecular formula is C20H26FN5O. The summed E-state index contributed by atoms with van der Waals surface area (Å²) >= 11 is 0. The van der Waals surface area contributed by atoms with Gasteiger partial charge in [-0.3, -0.25) is 0 Å². The Hall–Kier alpha value is -2.41. The quantitative estimate of drug-likeness (QED) is 0.872. The van der Waals surface area contributed by atoms with Crippen LogP contribution in [0.15, 0.2) is 30.3 Å². The van der Waals surface area contributed by atoms with Gasteiger partial charge in [0.2, 0.25) is 5.95 Å². The molecule has 0 amide bonds. The summed E-state index contributed by atoms with van der Waals surface area (Å²) in [4.78, 5) is 13.8. The molecule has 1 atom stereocenters. The maximum atomic E-state index is 13.1. The molecule has 0 bridgehead atoms. The molecule has 1 aromatic carbocycles. The molecule has 0 saturated carbocycles. The lowest BCUT2D eigenvalue weighted by molar-refractivity contribution is 0.120. The average molecular weight is 371 g/mol. The molecule has 2 fully saturated rings. The number of hydrogen-bond acceptors (Lipinski definition) is 6. The Kier molecular flexibility index (Phi) is 5.38. The molecule has 2 saturated heterocycles. The minimum atomic E-state index is -0.197. The third-order valence-corrected chi connectivity index (χ3v) is 5.15. The Balaban J connectivity index is 1.37. The van der Waals surface area contributed by atoms with E-state index in [9.17, 15) is 4.39 Å². The second kappa shape index (κ2) is 8.08. The monoisotopic (exact) mass is 371 g/mol. The fraction of sp³-hybridized carbons (Fsp3) is 0.500. The summed E-state index contributed by atoms with van der Waals surface area (Å²) in [5.74, 6) is 1.43. The molecule has 6 nitrogen and oxygen atoms in total. The molecule has 1 unspecified atom stereocenters. The zero-order chi connectivity index (χ0) is 18.6. The highest BCUT2D eigenvalue weighted by molar-refractivity contribution is 5.50. The van der Waals surface area contributed by atoms with Crippen molar-refractivity contribution >= 4 is 17.5 Å². The molecule has 1 aromatic heterocycles. The first kappa shape index (κ1) is 18.0. The fourth-order valence-corrected chi connectivity index (χ4v) is 3.65. The molecule has 0 radical (unpaired) electrons. The molecule has 1 N–H and O–H groups in total. The van der Waals surface area contributed by atoms with Crippen LogP contribution in [0.2, 0.25) is 0 Å². The van der Waals surface area contributed by atoms with Gasteiger partial charge in [-0.2, -0.15) is 4.98 Å². The lowest BCUT2D eigenvalue weighted by Gasteiger charge is -2.36. The minimum Gasteiger partial charge on any atom is -0.376 e. The molecule has 7 heteroatoms. The highest BCUT2D eigenvalue weighted by Gasteiger charge is 2.20. The van der Waals surface area contributed by atoms with Crippen LogP contribution >= 0.6 is 0 Å². The van der Waals surface area contributed by atoms with Gasteiger partial charge in [-0.25, -0.2) is 9.37 Å². The summed E-state index contributed by atoms with van der Waals surface area (Å²) < 4.78 is 18.8. The third kappa shape index (κ3) is 4.47. The van der Waals surface area contributed by atoms with Crippen molar-refractivity contribution in [3.63, 3.8) is 0 Å². The maximum absolute atomic E-state index is 13.1. The molecule has 144 valence electrons. The first-order valence-corrected chi connectivity index (χ1v) is 9.64. The summed E-state index contributed by atoms with van der Waals surface area (Å²) in [5, 5.41) is 3.33. The van der Waals surface area contributed by atoms with E-state index in [4.69, 9.17) is 9.72 Å². The Morgan fingerprint density at radius 2 is 1.85 bits per heavy atom. The van der Waals surface area contributed by atoms with Crippen LogP contribution in [-0.2, 0) is 4.74 Å². The van der Waals surface area contributed by atoms with E-state index < -0.39 is 0 Å². The van der Waals surface area contributed by atoms with Crippen LogP contribution in [-0.4, -0.2) is 55.4 Å². The molecule has 2 aromatic rings. The molecule has 0 aliphatic carbocycles. The lowest BCUT2D eigenvalue weighted by atomic mass is 10.2. The van der Waals surface area contributed by atoms with E-state index >= 15 is 0 Å². The van der Waals surface area contributed by atoms with Gasteiger partial charge in [0.25, 0.3) is 0 Å². The smallest absolute Gasteiger partial charge is 0.224 e. The number of nitrogens with zero attached hydrogens (tertiary/aromatic N) is 4. The Morgan fingerprint density at radius 3 is 2.56 bits per heavy atom. The molecule has 2 aliphatic rings. The highest BCUT2D eigenvalue weighted by Crippen LogP contribution is 2.21. The molecule has 3 heterocycles. The highest BCUT2D eigenvalue weighted by atomic mass is 19.1. The molecule has 2 aliphatic heterocycles. The van der Waals surface area contributed by atoms with Gasteiger partial charge in [-0.1, -0.05) is 0 Å². The summed E-state index contributed by atoms with van der Waals surface area (Å²) in [5.41, 5.74) is 2.02. The van der Waals surface area contributed by atoms with Gasteiger partial charge in [0.05, 0.1) is 6.10 Å². The van der Waals surface area contributed by atoms with E-state index in [2.05, 4.69) is 20.1 Å². The number of aromatic nitrogens is 2. The van der Waals surface area contributed by atoms with Crippen molar-refractivity contribution in [2.45, 2.75) is 25.9 Å². The van der Waals surface area contributed by atoms with E-state index in [0.717, 1.165) is 69.4 Å². The topological polar surface area (TPSA) is 53.5 Å². The normalized spacial score (nSPS) is 20.1. The Labute approximate surface area is 159 Å². The van der Waals surface area contributed by atoms with Crippen LogP contribution in [0.4, 0.5) is 21.8 Å². The Morgan fingerprint density at radius 1 is 1.11 bits per heavy atom. The van der Waals surface area contributed by atoms with Gasteiger partial charge >= 0.3 is 0 Å². The second-order valence-corrected chi connectivity index (χ2v) is 7.16. The van der Waals surface area contributed by atoms with Crippen molar-refractivity contribution in [1.29, 1.82) is 0 Å². The van der Waals surface area contributed by atoms with Crippen LogP contribution in [0, 0.1) is 12.7 Å². The lowest BCUT2D eigenvalue weighted by Crippen LogP contribution is -2.47. The number of rotatable bonds is 5. The fourth-order valence-electron chi connectivity index (χ4n) is 3.65. The summed E-state index contributed by atoms with van der Waals surface area (Å²) in [6, 6.07) is 8.74. The zero-order valence-electron chi connectivity index (χ0n) is 15.7. The number of halogens is 1. The van der Waals surface area contributed by atoms with Crippen molar-refractivity contribution in [2.24, 2.45) is 0 Å². The van der Waals surface area contributed by atoms with E-state index in [1.54, 1.807) is 0 Å². The summed E-state index contributed by atoms with van der Waals surface area (Å²) in [7, 11) is 0. The van der Waals surface area contributed by atoms with Crippen LogP contribution in [0.1, 0.15) is 18.5 Å². The zero-order valence-corrected chi connectivity index (χ0v) is 15.7. The predicted molar refractivity (Wildman–Crippen MR) is 105 cm³/mol. The average Bonchev–Trinajstić information content (AvgIpc) is 3.20. The van der Waals surface area contributed by atoms with Gasteiger partial charge in [0.1, 0.15) is 11.6 Å². The molecule has 27 heavy (non-hydrogen) atoms. The van der Waals surface area contributed by atoms with Crippen LogP contribution in [0.25, 0.3) is 0 Å². The van der Waals surface area contributed by atoms with Crippen LogP contribution in [0.5, 0.6) is 0 Å². The number of benzene rings is 1. The summed E-state index contributed by atoms with van der Waals surface area (Å²) in [6.07, 6.45) is 2.48. The van der Waals surface area contributed by atoms with Crippen molar-refractivity contribution in [3.8, 4) is 0 Å². The maximum Gasteiger partial charge on any atom is 0.224 e. The largest absolute Gasteiger partial charge is 0.376 e. The number of hydrogen-bond donors (Lipinski definition) is 1. The third-order valence-electron chi connectivity index (χ3n) is 5.15. The number of aryl methyl sites for hydroxylation is 1. The number of piperazine rings is 1. The van der Waals surface area contributed by atoms with Gasteiger partial charge < -0.3 is 19.9 Å². The van der Waals surface area contributed by atoms with Crippen molar-refractivity contribution in [2.75, 3.05) is 54.4 Å². The Bertz CT molecular complexity index is 755. The van der Waals surface area contributed by atoms with Gasteiger partial charge in [0.15, 0.2) is 0 Å². The van der Waals surface area contributed by atoms with Crippen LogP contribution in [0.3, 0.4) is 0 Å². The first-order chi connectivity index (χ1) is 13.2. The van der Waals surface area contributed by atoms with E-state index in [-0.39, 0.29) is 11.9 Å². The molecule has 0 spiro atoms. The van der Waals surface area contributed by atoms with Gasteiger partial charge in [0, 0.05) is 56.8 Å². The van der Waals surface area contributed by atoms with Crippen molar-refractivity contribution in [3.05, 3.63) is 41.8 Å². The van der Waals surface area contributed by atoms with Gasteiger partial charge in [-0.05, 0) is 44.0 Å². The van der Waals surface area contributed by atoms with E-state index in [1.165, 1.54) is 12.1 Å². The van der Waals surface area contributed by atoms with E-state index in [0.29, 0.717) is 5.95 Å². The van der Waals surface area contributed by atoms with Crippen molar-refractivity contribution in [1.82, 2.24) is 9.97 Å². The number of nitrogens with one attached hydrogen (secondary N) is 1.